The van der Waals surface area contributed by atoms with Crippen molar-refractivity contribution in [3.8, 4) is 0 Å². The van der Waals surface area contributed by atoms with Crippen molar-refractivity contribution in [1.82, 2.24) is 4.31 Å². The van der Waals surface area contributed by atoms with Crippen LogP contribution in [0.1, 0.15) is 13.3 Å². The molecule has 0 heterocycles. The van der Waals surface area contributed by atoms with Crippen LogP contribution in [0.2, 0.25) is 6.04 Å². The molecule has 0 amide bonds. The van der Waals surface area contributed by atoms with Crippen LogP contribution in [-0.2, 0) is 23.3 Å². The number of sulfonamides is 1. The molecule has 0 aromatic carbocycles. The number of hydrogen-bond donors (Lipinski definition) is 0. The maximum Gasteiger partial charge on any atom is 0.500 e. The summed E-state index contributed by atoms with van der Waals surface area (Å²) in [5.74, 6) is -51.8. The van der Waals surface area contributed by atoms with Crippen LogP contribution in [0, 0.1) is 0 Å². The molecule has 0 radical (unpaired) electrons. The van der Waals surface area contributed by atoms with E-state index in [2.05, 4.69) is 0 Å². The second-order valence-corrected chi connectivity index (χ2v) is 12.9. The lowest BCUT2D eigenvalue weighted by molar-refractivity contribution is -0.458. The van der Waals surface area contributed by atoms with Crippen LogP contribution in [-0.4, -0.2) is 103 Å². The van der Waals surface area contributed by atoms with Gasteiger partial charge in [0.25, 0.3) is 10.0 Å². The van der Waals surface area contributed by atoms with E-state index in [0.29, 0.717) is 6.92 Å². The van der Waals surface area contributed by atoms with Crippen LogP contribution < -0.4 is 0 Å². The minimum Gasteiger partial charge on any atom is -0.377 e. The van der Waals surface area contributed by atoms with E-state index in [1.807, 2.05) is 0 Å². The standard InChI is InChI=1S/C16H20F17NO5SSi/c1-5-34(7-6-8-41(37-2,38-3)39-4)40(35,36)16(32,33)14(27,28)12(23,24)10(19,20)9(17,18)11(21,22)13(25,26)15(29,30)31/h5-8H2,1-4H3. The first kappa shape index (κ1) is 39.8. The minimum atomic E-state index is -8.88. The summed E-state index contributed by atoms with van der Waals surface area (Å²) in [5.41, 5.74) is 0. The van der Waals surface area contributed by atoms with Gasteiger partial charge < -0.3 is 13.3 Å². The van der Waals surface area contributed by atoms with Gasteiger partial charge in [0.15, 0.2) is 0 Å². The normalized spacial score (nSPS) is 16.0. The summed E-state index contributed by atoms with van der Waals surface area (Å²) in [6.07, 6.45) is -8.61. The van der Waals surface area contributed by atoms with Crippen molar-refractivity contribution < 1.29 is 96.3 Å². The largest absolute Gasteiger partial charge is 0.500 e. The molecule has 0 spiro atoms. The smallest absolute Gasteiger partial charge is 0.377 e. The quantitative estimate of drug-likeness (QED) is 0.150. The summed E-state index contributed by atoms with van der Waals surface area (Å²) in [7, 11) is -8.00. The van der Waals surface area contributed by atoms with Crippen molar-refractivity contribution in [1.29, 1.82) is 0 Å². The summed E-state index contributed by atoms with van der Waals surface area (Å²) in [4.78, 5) is 0. The van der Waals surface area contributed by atoms with Gasteiger partial charge in [0.05, 0.1) is 0 Å². The predicted octanol–water partition coefficient (Wildman–Crippen LogP) is 5.87. The van der Waals surface area contributed by atoms with Gasteiger partial charge in [0.1, 0.15) is 0 Å². The van der Waals surface area contributed by atoms with Crippen molar-refractivity contribution in [2.24, 2.45) is 0 Å². The molecule has 0 aliphatic heterocycles. The molecule has 0 rings (SSSR count). The number of halogens is 17. The molecule has 41 heavy (non-hydrogen) atoms. The second kappa shape index (κ2) is 11.7. The van der Waals surface area contributed by atoms with E-state index < -0.39 is 95.7 Å². The molecular weight excluding hydrogens is 669 g/mol. The van der Waals surface area contributed by atoms with Crippen LogP contribution in [0.5, 0.6) is 0 Å². The molecule has 0 aliphatic rings. The predicted molar refractivity (Wildman–Crippen MR) is 103 cm³/mol. The van der Waals surface area contributed by atoms with Gasteiger partial charge in [-0.15, -0.1) is 0 Å². The molecule has 0 aliphatic carbocycles. The summed E-state index contributed by atoms with van der Waals surface area (Å²) in [5, 5.41) is -7.60. The monoisotopic (exact) mass is 689 g/mol. The number of alkyl halides is 17. The average Bonchev–Trinajstić information content (AvgIpc) is 2.82. The van der Waals surface area contributed by atoms with Gasteiger partial charge in [-0.2, -0.15) is 78.9 Å². The van der Waals surface area contributed by atoms with Gasteiger partial charge in [0, 0.05) is 40.5 Å². The summed E-state index contributed by atoms with van der Waals surface area (Å²) < 4.78 is 267. The summed E-state index contributed by atoms with van der Waals surface area (Å²) in [6.45, 7) is -2.08. The van der Waals surface area contributed by atoms with E-state index in [9.17, 15) is 83.1 Å². The zero-order chi connectivity index (χ0) is 33.5. The highest BCUT2D eigenvalue weighted by Gasteiger charge is 2.96. The molecule has 248 valence electrons. The number of nitrogens with zero attached hydrogens (tertiary/aromatic N) is 1. The zero-order valence-corrected chi connectivity index (χ0v) is 22.5. The van der Waals surface area contributed by atoms with Gasteiger partial charge in [0.2, 0.25) is 0 Å². The average molecular weight is 689 g/mol. The number of rotatable bonds is 16. The Morgan fingerprint density at radius 1 is 0.585 bits per heavy atom. The first-order valence-corrected chi connectivity index (χ1v) is 13.6. The van der Waals surface area contributed by atoms with Crippen molar-refractivity contribution >= 4 is 18.8 Å². The van der Waals surface area contributed by atoms with Crippen LogP contribution in [0.25, 0.3) is 0 Å². The molecule has 0 N–H and O–H groups in total. The van der Waals surface area contributed by atoms with Crippen LogP contribution in [0.15, 0.2) is 0 Å². The molecule has 0 saturated carbocycles. The zero-order valence-electron chi connectivity index (χ0n) is 20.7. The van der Waals surface area contributed by atoms with Crippen LogP contribution in [0.3, 0.4) is 0 Å². The van der Waals surface area contributed by atoms with Gasteiger partial charge in [-0.05, 0) is 6.42 Å². The summed E-state index contributed by atoms with van der Waals surface area (Å²) >= 11 is 0. The first-order chi connectivity index (χ1) is 17.8. The first-order valence-electron chi connectivity index (χ1n) is 10.2. The Kier molecular flexibility index (Phi) is 11.4. The molecule has 0 atom stereocenters. The van der Waals surface area contributed by atoms with E-state index in [1.165, 1.54) is 0 Å². The van der Waals surface area contributed by atoms with Crippen molar-refractivity contribution in [2.45, 2.75) is 66.4 Å². The van der Waals surface area contributed by atoms with Crippen molar-refractivity contribution in [3.63, 3.8) is 0 Å². The van der Waals surface area contributed by atoms with Gasteiger partial charge in [-0.3, -0.25) is 0 Å². The lowest BCUT2D eigenvalue weighted by Crippen LogP contribution is -2.75. The number of hydrogen-bond acceptors (Lipinski definition) is 5. The summed E-state index contributed by atoms with van der Waals surface area (Å²) in [6, 6.07) is -0.493. The van der Waals surface area contributed by atoms with Gasteiger partial charge in [-0.1, -0.05) is 6.92 Å². The SMILES string of the molecule is CCN(CCC[Si](OC)(OC)OC)S(=O)(=O)C(F)(F)C(F)(F)C(F)(F)C(F)(F)C(F)(F)C(F)(F)C(F)(F)C(F)(F)F. The Morgan fingerprint density at radius 2 is 0.902 bits per heavy atom. The topological polar surface area (TPSA) is 65.1 Å². The fraction of sp³-hybridized carbons (Fsp3) is 1.00. The Morgan fingerprint density at radius 3 is 1.20 bits per heavy atom. The molecule has 0 aromatic heterocycles. The highest BCUT2D eigenvalue weighted by atomic mass is 32.2. The maximum atomic E-state index is 14.4. The van der Waals surface area contributed by atoms with Crippen LogP contribution >= 0.6 is 0 Å². The van der Waals surface area contributed by atoms with Gasteiger partial charge >= 0.3 is 55.8 Å². The maximum absolute atomic E-state index is 14.4. The Balaban J connectivity index is 6.75. The molecule has 0 saturated heterocycles. The van der Waals surface area contributed by atoms with E-state index in [-0.39, 0.29) is 0 Å². The van der Waals surface area contributed by atoms with Gasteiger partial charge in [-0.25, -0.2) is 8.42 Å². The molecule has 0 fully saturated rings. The fourth-order valence-corrected chi connectivity index (χ4v) is 6.14. The fourth-order valence-electron chi connectivity index (χ4n) is 2.95. The third-order valence-corrected chi connectivity index (χ3v) is 10.4. The van der Waals surface area contributed by atoms with E-state index in [1.54, 1.807) is 0 Å². The minimum absolute atomic E-state index is 0.493. The highest BCUT2D eigenvalue weighted by molar-refractivity contribution is 7.90. The van der Waals surface area contributed by atoms with E-state index >= 15 is 0 Å². The lowest BCUT2D eigenvalue weighted by atomic mass is 9.91. The van der Waals surface area contributed by atoms with E-state index in [4.69, 9.17) is 13.3 Å². The molecule has 6 nitrogen and oxygen atoms in total. The third-order valence-electron chi connectivity index (χ3n) is 5.53. The molecule has 0 aromatic rings. The van der Waals surface area contributed by atoms with E-state index in [0.717, 1.165) is 21.3 Å². The Hall–Kier alpha value is -1.18. The third kappa shape index (κ3) is 5.85. The molecule has 0 bridgehead atoms. The van der Waals surface area contributed by atoms with Crippen molar-refractivity contribution in [2.75, 3.05) is 34.4 Å². The second-order valence-electron chi connectivity index (χ2n) is 7.86. The highest BCUT2D eigenvalue weighted by Crippen LogP contribution is 2.64. The Labute approximate surface area is 221 Å². The van der Waals surface area contributed by atoms with Crippen LogP contribution in [0.4, 0.5) is 74.6 Å². The lowest BCUT2D eigenvalue weighted by Gasteiger charge is -2.43. The molecular formula is C16H20F17NO5SSi. The Bertz CT molecular complexity index is 993. The van der Waals surface area contributed by atoms with Crippen molar-refractivity contribution in [3.05, 3.63) is 0 Å². The molecule has 25 heteroatoms. The molecule has 0 unspecified atom stereocenters.